The summed E-state index contributed by atoms with van der Waals surface area (Å²) in [6.07, 6.45) is 2.93. The quantitative estimate of drug-likeness (QED) is 0.398. The molecule has 0 bridgehead atoms. The number of ketones is 1. The van der Waals surface area contributed by atoms with E-state index in [1.54, 1.807) is 24.3 Å². The SMILES string of the molecule is COc1cc(/C=C/C(=O)c2c(OC)cc(CO)c(CN3CCOCC3)c2O)cc(OC)c1OC. The largest absolute Gasteiger partial charge is 0.507 e. The van der Waals surface area contributed by atoms with Gasteiger partial charge in [0.1, 0.15) is 17.1 Å². The van der Waals surface area contributed by atoms with E-state index in [0.717, 1.165) is 0 Å². The molecular weight excluding hydrogens is 442 g/mol. The summed E-state index contributed by atoms with van der Waals surface area (Å²) in [7, 11) is 5.95. The van der Waals surface area contributed by atoms with Gasteiger partial charge in [0.15, 0.2) is 17.3 Å². The van der Waals surface area contributed by atoms with Crippen molar-refractivity contribution in [2.75, 3.05) is 54.7 Å². The molecule has 1 fully saturated rings. The third kappa shape index (κ3) is 5.44. The first-order valence-corrected chi connectivity index (χ1v) is 10.8. The maximum atomic E-state index is 13.2. The lowest BCUT2D eigenvalue weighted by Crippen LogP contribution is -2.36. The summed E-state index contributed by atoms with van der Waals surface area (Å²) in [4.78, 5) is 15.3. The van der Waals surface area contributed by atoms with E-state index >= 15 is 0 Å². The van der Waals surface area contributed by atoms with E-state index < -0.39 is 5.78 Å². The maximum Gasteiger partial charge on any atom is 0.203 e. The van der Waals surface area contributed by atoms with Crippen molar-refractivity contribution < 1.29 is 38.7 Å². The smallest absolute Gasteiger partial charge is 0.203 e. The molecule has 0 unspecified atom stereocenters. The number of aromatic hydroxyl groups is 1. The highest BCUT2D eigenvalue weighted by Gasteiger charge is 2.24. The Labute approximate surface area is 199 Å². The van der Waals surface area contributed by atoms with Gasteiger partial charge in [0.2, 0.25) is 5.75 Å². The van der Waals surface area contributed by atoms with Gasteiger partial charge in [-0.15, -0.1) is 0 Å². The molecule has 0 saturated carbocycles. The van der Waals surface area contributed by atoms with Crippen molar-refractivity contribution in [3.05, 3.63) is 46.5 Å². The molecule has 2 aromatic rings. The highest BCUT2D eigenvalue weighted by atomic mass is 16.5. The van der Waals surface area contributed by atoms with Gasteiger partial charge < -0.3 is 33.9 Å². The van der Waals surface area contributed by atoms with E-state index in [1.165, 1.54) is 34.5 Å². The Hall–Kier alpha value is -3.27. The minimum absolute atomic E-state index is 0.0339. The molecule has 0 radical (unpaired) electrons. The Kier molecular flexibility index (Phi) is 8.75. The zero-order valence-electron chi connectivity index (χ0n) is 19.9. The maximum absolute atomic E-state index is 13.2. The zero-order valence-corrected chi connectivity index (χ0v) is 19.9. The van der Waals surface area contributed by atoms with Gasteiger partial charge in [-0.1, -0.05) is 6.08 Å². The van der Waals surface area contributed by atoms with E-state index in [4.69, 9.17) is 23.7 Å². The number of morpholine rings is 1. The van der Waals surface area contributed by atoms with Gasteiger partial charge in [-0.05, 0) is 35.4 Å². The molecule has 2 aromatic carbocycles. The highest BCUT2D eigenvalue weighted by molar-refractivity contribution is 6.11. The first-order valence-electron chi connectivity index (χ1n) is 10.8. The standard InChI is InChI=1S/C25H31NO8/c1-30-20-13-17(15-27)18(14-26-7-9-34-10-8-26)24(29)23(20)19(28)6-5-16-11-21(31-2)25(33-4)22(12-16)32-3/h5-6,11-13,27,29H,7-10,14-15H2,1-4H3/b6-5+. The topological polar surface area (TPSA) is 107 Å². The number of rotatable bonds is 10. The fourth-order valence-corrected chi connectivity index (χ4v) is 3.89. The molecule has 34 heavy (non-hydrogen) atoms. The lowest BCUT2D eigenvalue weighted by molar-refractivity contribution is 0.0336. The number of benzene rings is 2. The molecular formula is C25H31NO8. The number of phenols is 1. The molecule has 0 aromatic heterocycles. The summed E-state index contributed by atoms with van der Waals surface area (Å²) in [5, 5.41) is 21.0. The number of methoxy groups -OCH3 is 4. The van der Waals surface area contributed by atoms with Crippen LogP contribution in [0.25, 0.3) is 6.08 Å². The molecule has 9 nitrogen and oxygen atoms in total. The average molecular weight is 474 g/mol. The number of carbonyl (C=O) groups excluding carboxylic acids is 1. The average Bonchev–Trinajstić information content (AvgIpc) is 2.87. The molecule has 0 aliphatic carbocycles. The normalized spacial score (nSPS) is 14.3. The van der Waals surface area contributed by atoms with Gasteiger partial charge in [0.25, 0.3) is 0 Å². The summed E-state index contributed by atoms with van der Waals surface area (Å²) in [5.74, 6) is 0.890. The van der Waals surface area contributed by atoms with Crippen molar-refractivity contribution >= 4 is 11.9 Å². The van der Waals surface area contributed by atoms with E-state index in [2.05, 4.69) is 4.90 Å². The van der Waals surface area contributed by atoms with Gasteiger partial charge in [-0.3, -0.25) is 9.69 Å². The summed E-state index contributed by atoms with van der Waals surface area (Å²) in [6.45, 7) is 2.66. The lowest BCUT2D eigenvalue weighted by atomic mass is 9.97. The van der Waals surface area contributed by atoms with Gasteiger partial charge in [-0.25, -0.2) is 0 Å². The number of phenolic OH excluding ortho intramolecular Hbond substituents is 1. The molecule has 1 saturated heterocycles. The van der Waals surface area contributed by atoms with Crippen molar-refractivity contribution in [2.45, 2.75) is 13.2 Å². The first-order chi connectivity index (χ1) is 16.5. The number of aliphatic hydroxyl groups is 1. The van der Waals surface area contributed by atoms with Crippen molar-refractivity contribution in [3.8, 4) is 28.7 Å². The molecule has 184 valence electrons. The highest BCUT2D eigenvalue weighted by Crippen LogP contribution is 2.39. The number of allylic oxidation sites excluding steroid dienone is 1. The van der Waals surface area contributed by atoms with Crippen LogP contribution in [0.5, 0.6) is 28.7 Å². The molecule has 3 rings (SSSR count). The van der Waals surface area contributed by atoms with E-state index in [-0.39, 0.29) is 23.7 Å². The van der Waals surface area contributed by atoms with Crippen LogP contribution in [0.1, 0.15) is 27.0 Å². The van der Waals surface area contributed by atoms with Crippen LogP contribution in [0, 0.1) is 0 Å². The lowest BCUT2D eigenvalue weighted by Gasteiger charge is -2.28. The van der Waals surface area contributed by atoms with E-state index in [1.807, 2.05) is 0 Å². The van der Waals surface area contributed by atoms with Crippen molar-refractivity contribution in [1.82, 2.24) is 4.90 Å². The zero-order chi connectivity index (χ0) is 24.7. The Morgan fingerprint density at radius 3 is 2.15 bits per heavy atom. The molecule has 1 heterocycles. The number of aliphatic hydroxyl groups excluding tert-OH is 1. The third-order valence-corrected chi connectivity index (χ3v) is 5.70. The number of carbonyl (C=O) groups is 1. The third-order valence-electron chi connectivity index (χ3n) is 5.70. The first kappa shape index (κ1) is 25.4. The van der Waals surface area contributed by atoms with Gasteiger partial charge >= 0.3 is 0 Å². The predicted octanol–water partition coefficient (Wildman–Crippen LogP) is 2.65. The van der Waals surface area contributed by atoms with Crippen LogP contribution in [-0.2, 0) is 17.9 Å². The summed E-state index contributed by atoms with van der Waals surface area (Å²) in [5.41, 5.74) is 1.68. The second-order valence-electron chi connectivity index (χ2n) is 7.64. The Balaban J connectivity index is 1.97. The summed E-state index contributed by atoms with van der Waals surface area (Å²) >= 11 is 0. The number of hydrogen-bond donors (Lipinski definition) is 2. The van der Waals surface area contributed by atoms with Gasteiger partial charge in [0, 0.05) is 25.2 Å². The van der Waals surface area contributed by atoms with Crippen LogP contribution in [-0.4, -0.2) is 75.6 Å². The second-order valence-corrected chi connectivity index (χ2v) is 7.64. The number of ether oxygens (including phenoxy) is 5. The second kappa shape index (κ2) is 11.7. The van der Waals surface area contributed by atoms with Crippen LogP contribution in [0.2, 0.25) is 0 Å². The molecule has 0 spiro atoms. The Bertz CT molecular complexity index is 1020. The molecule has 1 aliphatic heterocycles. The van der Waals surface area contributed by atoms with E-state index in [9.17, 15) is 15.0 Å². The molecule has 1 aliphatic rings. The van der Waals surface area contributed by atoms with Crippen molar-refractivity contribution in [2.24, 2.45) is 0 Å². The monoisotopic (exact) mass is 473 g/mol. The Morgan fingerprint density at radius 1 is 1.00 bits per heavy atom. The van der Waals surface area contributed by atoms with Crippen LogP contribution in [0.4, 0.5) is 0 Å². The van der Waals surface area contributed by atoms with Gasteiger partial charge in [-0.2, -0.15) is 0 Å². The van der Waals surface area contributed by atoms with Gasteiger partial charge in [0.05, 0.1) is 48.3 Å². The van der Waals surface area contributed by atoms with Crippen molar-refractivity contribution in [3.63, 3.8) is 0 Å². The summed E-state index contributed by atoms with van der Waals surface area (Å²) < 4.78 is 26.8. The fourth-order valence-electron chi connectivity index (χ4n) is 3.89. The fraction of sp³-hybridized carbons (Fsp3) is 0.400. The molecule has 0 atom stereocenters. The van der Waals surface area contributed by atoms with Crippen molar-refractivity contribution in [1.29, 1.82) is 0 Å². The Morgan fingerprint density at radius 2 is 1.62 bits per heavy atom. The van der Waals surface area contributed by atoms with E-state index in [0.29, 0.717) is 66.8 Å². The molecule has 0 amide bonds. The molecule has 2 N–H and O–H groups in total. The minimum Gasteiger partial charge on any atom is -0.507 e. The number of hydrogen-bond acceptors (Lipinski definition) is 9. The summed E-state index contributed by atoms with van der Waals surface area (Å²) in [6, 6.07) is 5.01. The molecule has 9 heteroatoms. The van der Waals surface area contributed by atoms with Crippen LogP contribution in [0.3, 0.4) is 0 Å². The number of nitrogens with zero attached hydrogens (tertiary/aromatic N) is 1. The minimum atomic E-state index is -0.448. The predicted molar refractivity (Wildman–Crippen MR) is 126 cm³/mol. The van der Waals surface area contributed by atoms with Crippen LogP contribution >= 0.6 is 0 Å². The van der Waals surface area contributed by atoms with Crippen LogP contribution in [0.15, 0.2) is 24.3 Å². The van der Waals surface area contributed by atoms with Crippen LogP contribution < -0.4 is 18.9 Å².